The van der Waals surface area contributed by atoms with Gasteiger partial charge in [0.1, 0.15) is 12.3 Å². The maximum atomic E-state index is 12.2. The van der Waals surface area contributed by atoms with Gasteiger partial charge in [0.15, 0.2) is 0 Å². The number of benzene rings is 1. The molecule has 23 heavy (non-hydrogen) atoms. The van der Waals surface area contributed by atoms with E-state index in [4.69, 9.17) is 16.0 Å². The molecule has 0 bridgehead atoms. The van der Waals surface area contributed by atoms with Gasteiger partial charge in [-0.1, -0.05) is 31.5 Å². The van der Waals surface area contributed by atoms with E-state index < -0.39 is 12.1 Å². The van der Waals surface area contributed by atoms with Crippen molar-refractivity contribution < 1.29 is 14.0 Å². The third kappa shape index (κ3) is 3.07. The molecule has 2 heterocycles. The molecule has 1 aromatic carbocycles. The van der Waals surface area contributed by atoms with Crippen molar-refractivity contribution in [3.05, 3.63) is 41.2 Å². The fourth-order valence-corrected chi connectivity index (χ4v) is 2.63. The fraction of sp³-hybridized carbons (Fsp3) is 0.312. The Morgan fingerprint density at radius 1 is 1.39 bits per heavy atom. The molecular formula is C16H16ClN3O3. The van der Waals surface area contributed by atoms with E-state index in [9.17, 15) is 9.59 Å². The molecule has 1 fully saturated rings. The number of hydrogen-bond donors (Lipinski definition) is 1. The van der Waals surface area contributed by atoms with E-state index in [-0.39, 0.29) is 18.4 Å². The van der Waals surface area contributed by atoms with E-state index in [1.807, 2.05) is 19.9 Å². The minimum absolute atomic E-state index is 0.0378. The van der Waals surface area contributed by atoms with Crippen LogP contribution in [0.3, 0.4) is 0 Å². The molecule has 0 spiro atoms. The van der Waals surface area contributed by atoms with Crippen LogP contribution in [0.2, 0.25) is 5.02 Å². The second kappa shape index (κ2) is 6.04. The van der Waals surface area contributed by atoms with Gasteiger partial charge in [0.05, 0.1) is 12.2 Å². The summed E-state index contributed by atoms with van der Waals surface area (Å²) in [5.41, 5.74) is 1.24. The highest BCUT2D eigenvalue weighted by atomic mass is 35.5. The summed E-state index contributed by atoms with van der Waals surface area (Å²) in [5.74, 6) is 0.197. The Kier molecular flexibility index (Phi) is 4.09. The highest BCUT2D eigenvalue weighted by Gasteiger charge is 2.39. The summed E-state index contributed by atoms with van der Waals surface area (Å²) in [6, 6.07) is 6.23. The monoisotopic (exact) mass is 333 g/mol. The lowest BCUT2D eigenvalue weighted by atomic mass is 10.1. The number of oxazole rings is 1. The lowest BCUT2D eigenvalue weighted by molar-refractivity contribution is -0.128. The van der Waals surface area contributed by atoms with Crippen molar-refractivity contribution in [3.63, 3.8) is 0 Å². The average Bonchev–Trinajstić information content (AvgIpc) is 3.07. The van der Waals surface area contributed by atoms with Gasteiger partial charge in [0, 0.05) is 10.6 Å². The predicted octanol–water partition coefficient (Wildman–Crippen LogP) is 3.07. The van der Waals surface area contributed by atoms with Crippen molar-refractivity contribution in [2.45, 2.75) is 26.4 Å². The minimum atomic E-state index is -0.484. The molecule has 0 aliphatic carbocycles. The normalized spacial score (nSPS) is 17.9. The van der Waals surface area contributed by atoms with Gasteiger partial charge in [-0.05, 0) is 24.1 Å². The van der Waals surface area contributed by atoms with Gasteiger partial charge >= 0.3 is 6.03 Å². The van der Waals surface area contributed by atoms with Gasteiger partial charge in [-0.15, -0.1) is 0 Å². The Morgan fingerprint density at radius 2 is 2.17 bits per heavy atom. The SMILES string of the molecule is CC(C)C1NC(=O)N(Cc2coc(-c3cccc(Cl)c3)n2)C1=O. The van der Waals surface area contributed by atoms with E-state index in [2.05, 4.69) is 10.3 Å². The van der Waals surface area contributed by atoms with Crippen LogP contribution in [0.5, 0.6) is 0 Å². The van der Waals surface area contributed by atoms with Gasteiger partial charge in [0.2, 0.25) is 5.89 Å². The number of carbonyl (C=O) groups is 2. The Bertz CT molecular complexity index is 757. The van der Waals surface area contributed by atoms with Gasteiger partial charge in [-0.25, -0.2) is 9.78 Å². The topological polar surface area (TPSA) is 75.4 Å². The standard InChI is InChI=1S/C16H16ClN3O3/c1-9(2)13-15(21)20(16(22)19-13)7-12-8-23-14(18-12)10-4-3-5-11(17)6-10/h3-6,8-9,13H,7H2,1-2H3,(H,19,22). The molecule has 1 atom stereocenters. The Labute approximate surface area is 138 Å². The smallest absolute Gasteiger partial charge is 0.325 e. The van der Waals surface area contributed by atoms with Crippen LogP contribution in [0.4, 0.5) is 4.79 Å². The van der Waals surface area contributed by atoms with Crippen LogP contribution in [0.25, 0.3) is 11.5 Å². The first-order valence-electron chi connectivity index (χ1n) is 7.28. The lowest BCUT2D eigenvalue weighted by Crippen LogP contribution is -2.34. The van der Waals surface area contributed by atoms with Gasteiger partial charge in [-0.2, -0.15) is 0 Å². The lowest BCUT2D eigenvalue weighted by Gasteiger charge is -2.12. The number of hydrogen-bond acceptors (Lipinski definition) is 4. The van der Waals surface area contributed by atoms with Crippen LogP contribution < -0.4 is 5.32 Å². The number of urea groups is 1. The highest BCUT2D eigenvalue weighted by Crippen LogP contribution is 2.23. The number of imide groups is 1. The van der Waals surface area contributed by atoms with Crippen molar-refractivity contribution in [3.8, 4) is 11.5 Å². The molecule has 2 aromatic rings. The number of carbonyl (C=O) groups excluding carboxylic acids is 2. The van der Waals surface area contributed by atoms with Crippen molar-refractivity contribution >= 4 is 23.5 Å². The first kappa shape index (κ1) is 15.6. The van der Waals surface area contributed by atoms with Crippen LogP contribution >= 0.6 is 11.6 Å². The summed E-state index contributed by atoms with van der Waals surface area (Å²) in [6.07, 6.45) is 1.44. The molecule has 0 radical (unpaired) electrons. The van der Waals surface area contributed by atoms with Crippen LogP contribution in [0, 0.1) is 5.92 Å². The van der Waals surface area contributed by atoms with E-state index >= 15 is 0 Å². The number of halogens is 1. The number of aromatic nitrogens is 1. The largest absolute Gasteiger partial charge is 0.444 e. The molecule has 1 unspecified atom stereocenters. The van der Waals surface area contributed by atoms with Crippen LogP contribution in [0.1, 0.15) is 19.5 Å². The summed E-state index contributed by atoms with van der Waals surface area (Å²) in [6.45, 7) is 3.86. The molecule has 1 N–H and O–H groups in total. The van der Waals surface area contributed by atoms with Crippen molar-refractivity contribution in [1.29, 1.82) is 0 Å². The van der Waals surface area contributed by atoms with E-state index in [1.54, 1.807) is 18.2 Å². The average molecular weight is 334 g/mol. The molecule has 3 amide bonds. The molecule has 1 aromatic heterocycles. The molecule has 120 valence electrons. The first-order chi connectivity index (χ1) is 11.0. The Balaban J connectivity index is 1.77. The van der Waals surface area contributed by atoms with Crippen LogP contribution in [-0.4, -0.2) is 27.9 Å². The maximum Gasteiger partial charge on any atom is 0.325 e. The van der Waals surface area contributed by atoms with Crippen LogP contribution in [0.15, 0.2) is 34.9 Å². The molecule has 1 aliphatic rings. The number of rotatable bonds is 4. The summed E-state index contributed by atoms with van der Waals surface area (Å²) in [5, 5.41) is 3.26. The minimum Gasteiger partial charge on any atom is -0.444 e. The van der Waals surface area contributed by atoms with Gasteiger partial charge < -0.3 is 9.73 Å². The second-order valence-electron chi connectivity index (χ2n) is 5.75. The van der Waals surface area contributed by atoms with Crippen molar-refractivity contribution in [1.82, 2.24) is 15.2 Å². The summed E-state index contributed by atoms with van der Waals surface area (Å²) in [4.78, 5) is 29.7. The molecule has 1 saturated heterocycles. The first-order valence-corrected chi connectivity index (χ1v) is 7.65. The summed E-state index contributed by atoms with van der Waals surface area (Å²) >= 11 is 5.95. The Hall–Kier alpha value is -2.34. The number of nitrogens with zero attached hydrogens (tertiary/aromatic N) is 2. The second-order valence-corrected chi connectivity index (χ2v) is 6.19. The number of amides is 3. The van der Waals surface area contributed by atoms with E-state index in [0.717, 1.165) is 10.5 Å². The fourth-order valence-electron chi connectivity index (χ4n) is 2.44. The summed E-state index contributed by atoms with van der Waals surface area (Å²) in [7, 11) is 0. The molecular weight excluding hydrogens is 318 g/mol. The molecule has 7 heteroatoms. The predicted molar refractivity (Wildman–Crippen MR) is 84.7 cm³/mol. The molecule has 1 aliphatic heterocycles. The van der Waals surface area contributed by atoms with Crippen molar-refractivity contribution in [2.24, 2.45) is 5.92 Å². The third-order valence-corrected chi connectivity index (χ3v) is 3.90. The zero-order valence-corrected chi connectivity index (χ0v) is 13.5. The van der Waals surface area contributed by atoms with Gasteiger partial charge in [0.25, 0.3) is 5.91 Å². The molecule has 3 rings (SSSR count). The van der Waals surface area contributed by atoms with E-state index in [1.165, 1.54) is 6.26 Å². The quantitative estimate of drug-likeness (QED) is 0.872. The third-order valence-electron chi connectivity index (χ3n) is 3.67. The van der Waals surface area contributed by atoms with Crippen LogP contribution in [-0.2, 0) is 11.3 Å². The van der Waals surface area contributed by atoms with Gasteiger partial charge in [-0.3, -0.25) is 9.69 Å². The number of nitrogens with one attached hydrogen (secondary N) is 1. The summed E-state index contributed by atoms with van der Waals surface area (Å²) < 4.78 is 5.42. The maximum absolute atomic E-state index is 12.2. The molecule has 0 saturated carbocycles. The molecule has 6 nitrogen and oxygen atoms in total. The zero-order valence-electron chi connectivity index (χ0n) is 12.7. The highest BCUT2D eigenvalue weighted by molar-refractivity contribution is 6.30. The van der Waals surface area contributed by atoms with Crippen molar-refractivity contribution in [2.75, 3.05) is 0 Å². The van der Waals surface area contributed by atoms with E-state index in [0.29, 0.717) is 16.6 Å². The zero-order chi connectivity index (χ0) is 16.6. The Morgan fingerprint density at radius 3 is 2.83 bits per heavy atom.